The fraction of sp³-hybridized carbons (Fsp3) is 0.222. The normalized spacial score (nSPS) is 15.6. The predicted molar refractivity (Wildman–Crippen MR) is 49.5 cm³/mol. The third-order valence-electron chi connectivity index (χ3n) is 2.13. The van der Waals surface area contributed by atoms with Gasteiger partial charge < -0.3 is 10.5 Å². The molecule has 1 aromatic carbocycles. The van der Waals surface area contributed by atoms with Gasteiger partial charge in [0, 0.05) is 0 Å². The Morgan fingerprint density at radius 3 is 2.73 bits per heavy atom. The Bertz CT molecular complexity index is 423. The van der Waals surface area contributed by atoms with Gasteiger partial charge in [-0.25, -0.2) is 13.6 Å². The van der Waals surface area contributed by atoms with E-state index in [4.69, 9.17) is 5.73 Å². The fourth-order valence-electron chi connectivity index (χ4n) is 1.43. The molecule has 1 fully saturated rings. The molecule has 2 N–H and O–H groups in total. The van der Waals surface area contributed by atoms with Crippen LogP contribution in [0.3, 0.4) is 0 Å². The molecule has 1 heterocycles. The van der Waals surface area contributed by atoms with Crippen molar-refractivity contribution in [1.82, 2.24) is 0 Å². The number of cyclic esters (lactones) is 1. The summed E-state index contributed by atoms with van der Waals surface area (Å²) in [4.78, 5) is 12.1. The molecule has 0 bridgehead atoms. The maximum atomic E-state index is 13.4. The largest absolute Gasteiger partial charge is 0.447 e. The van der Waals surface area contributed by atoms with Gasteiger partial charge >= 0.3 is 6.09 Å². The number of halogens is 2. The standard InChI is InChI=1S/C9H8F2N2O2/c10-5-1-2-6(12)8(7(5)11)13-3-4-15-9(13)14/h1-2H,3-4,12H2. The number of nitrogens with zero attached hydrogens (tertiary/aromatic N) is 1. The summed E-state index contributed by atoms with van der Waals surface area (Å²) < 4.78 is 30.9. The number of rotatable bonds is 1. The molecule has 1 aliphatic rings. The summed E-state index contributed by atoms with van der Waals surface area (Å²) in [5.41, 5.74) is 5.23. The molecule has 0 unspecified atom stereocenters. The monoisotopic (exact) mass is 214 g/mol. The highest BCUT2D eigenvalue weighted by Gasteiger charge is 2.29. The summed E-state index contributed by atoms with van der Waals surface area (Å²) >= 11 is 0. The molecule has 0 spiro atoms. The first-order chi connectivity index (χ1) is 7.11. The highest BCUT2D eigenvalue weighted by molar-refractivity contribution is 5.93. The molecule has 1 amide bonds. The van der Waals surface area contributed by atoms with E-state index < -0.39 is 17.7 Å². The number of benzene rings is 1. The number of anilines is 2. The van der Waals surface area contributed by atoms with Crippen molar-refractivity contribution in [3.63, 3.8) is 0 Å². The number of nitrogen functional groups attached to an aromatic ring is 1. The first-order valence-electron chi connectivity index (χ1n) is 4.29. The van der Waals surface area contributed by atoms with Crippen LogP contribution in [0.25, 0.3) is 0 Å². The zero-order valence-electron chi connectivity index (χ0n) is 7.67. The first kappa shape index (κ1) is 9.70. The van der Waals surface area contributed by atoms with E-state index in [1.807, 2.05) is 0 Å². The number of ether oxygens (including phenoxy) is 1. The molecule has 4 nitrogen and oxygen atoms in total. The van der Waals surface area contributed by atoms with Crippen molar-refractivity contribution in [2.75, 3.05) is 23.8 Å². The summed E-state index contributed by atoms with van der Waals surface area (Å²) in [5, 5.41) is 0. The zero-order valence-corrected chi connectivity index (χ0v) is 7.67. The van der Waals surface area contributed by atoms with Crippen LogP contribution < -0.4 is 10.6 Å². The second kappa shape index (κ2) is 3.38. The molecule has 0 aliphatic carbocycles. The molecule has 0 radical (unpaired) electrons. The van der Waals surface area contributed by atoms with Gasteiger partial charge in [-0.1, -0.05) is 0 Å². The molecule has 2 rings (SSSR count). The minimum absolute atomic E-state index is 0.00718. The van der Waals surface area contributed by atoms with Crippen molar-refractivity contribution < 1.29 is 18.3 Å². The van der Waals surface area contributed by atoms with Gasteiger partial charge in [0.15, 0.2) is 11.6 Å². The maximum Gasteiger partial charge on any atom is 0.414 e. The Morgan fingerprint density at radius 2 is 2.13 bits per heavy atom. The van der Waals surface area contributed by atoms with E-state index in [2.05, 4.69) is 4.74 Å². The number of hydrogen-bond acceptors (Lipinski definition) is 3. The lowest BCUT2D eigenvalue weighted by Gasteiger charge is -2.15. The lowest BCUT2D eigenvalue weighted by Crippen LogP contribution is -2.25. The van der Waals surface area contributed by atoms with Crippen molar-refractivity contribution >= 4 is 17.5 Å². The topological polar surface area (TPSA) is 55.6 Å². The average molecular weight is 214 g/mol. The predicted octanol–water partition coefficient (Wildman–Crippen LogP) is 1.50. The number of carbonyl (C=O) groups excluding carboxylic acids is 1. The van der Waals surface area contributed by atoms with Gasteiger partial charge in [-0.3, -0.25) is 4.90 Å². The van der Waals surface area contributed by atoms with Crippen molar-refractivity contribution in [3.05, 3.63) is 23.8 Å². The number of hydrogen-bond donors (Lipinski definition) is 1. The van der Waals surface area contributed by atoms with E-state index in [1.165, 1.54) is 6.07 Å². The molecule has 1 aliphatic heterocycles. The van der Waals surface area contributed by atoms with Crippen LogP contribution in [0, 0.1) is 11.6 Å². The van der Waals surface area contributed by atoms with Gasteiger partial charge in [-0.15, -0.1) is 0 Å². The molecular formula is C9H8F2N2O2. The lowest BCUT2D eigenvalue weighted by atomic mass is 10.2. The summed E-state index contributed by atoms with van der Waals surface area (Å²) in [5.74, 6) is -2.17. The lowest BCUT2D eigenvalue weighted by molar-refractivity contribution is 0.181. The first-order valence-corrected chi connectivity index (χ1v) is 4.29. The van der Waals surface area contributed by atoms with Crippen LogP contribution in [0.5, 0.6) is 0 Å². The molecule has 0 atom stereocenters. The smallest absolute Gasteiger partial charge is 0.414 e. The molecule has 80 valence electrons. The van der Waals surface area contributed by atoms with Crippen molar-refractivity contribution in [2.24, 2.45) is 0 Å². The molecule has 0 saturated carbocycles. The van der Waals surface area contributed by atoms with Crippen molar-refractivity contribution in [2.45, 2.75) is 0 Å². The molecule has 1 saturated heterocycles. The Balaban J connectivity index is 2.51. The summed E-state index contributed by atoms with van der Waals surface area (Å²) in [6.07, 6.45) is -0.716. The average Bonchev–Trinajstić information content (AvgIpc) is 2.60. The van der Waals surface area contributed by atoms with E-state index in [0.717, 1.165) is 11.0 Å². The van der Waals surface area contributed by atoms with E-state index in [9.17, 15) is 13.6 Å². The SMILES string of the molecule is Nc1ccc(F)c(F)c1N1CCOC1=O. The van der Waals surface area contributed by atoms with Gasteiger partial charge in [-0.2, -0.15) is 0 Å². The number of carbonyl (C=O) groups is 1. The Kier molecular flexibility index (Phi) is 2.18. The van der Waals surface area contributed by atoms with Gasteiger partial charge in [0.05, 0.1) is 12.2 Å². The van der Waals surface area contributed by atoms with Crippen LogP contribution in [0.2, 0.25) is 0 Å². The zero-order chi connectivity index (χ0) is 11.0. The van der Waals surface area contributed by atoms with Crippen LogP contribution in [0.4, 0.5) is 25.0 Å². The van der Waals surface area contributed by atoms with E-state index in [-0.39, 0.29) is 24.5 Å². The molecule has 0 aromatic heterocycles. The highest BCUT2D eigenvalue weighted by Crippen LogP contribution is 2.30. The van der Waals surface area contributed by atoms with E-state index in [0.29, 0.717) is 0 Å². The Morgan fingerprint density at radius 1 is 1.40 bits per heavy atom. The minimum atomic E-state index is -1.13. The molecule has 6 heteroatoms. The number of nitrogens with two attached hydrogens (primary N) is 1. The van der Waals surface area contributed by atoms with Crippen molar-refractivity contribution in [1.29, 1.82) is 0 Å². The Hall–Kier alpha value is -1.85. The molecule has 15 heavy (non-hydrogen) atoms. The van der Waals surface area contributed by atoms with Crippen LogP contribution in [-0.4, -0.2) is 19.2 Å². The molecular weight excluding hydrogens is 206 g/mol. The Labute approximate surface area is 84.2 Å². The van der Waals surface area contributed by atoms with Gasteiger partial charge in [0.2, 0.25) is 0 Å². The van der Waals surface area contributed by atoms with Crippen LogP contribution >= 0.6 is 0 Å². The van der Waals surface area contributed by atoms with E-state index >= 15 is 0 Å². The van der Waals surface area contributed by atoms with Crippen molar-refractivity contribution in [3.8, 4) is 0 Å². The van der Waals surface area contributed by atoms with Crippen LogP contribution in [0.1, 0.15) is 0 Å². The fourth-order valence-corrected chi connectivity index (χ4v) is 1.43. The number of amides is 1. The van der Waals surface area contributed by atoms with Gasteiger partial charge in [0.1, 0.15) is 12.3 Å². The van der Waals surface area contributed by atoms with Crippen LogP contribution in [-0.2, 0) is 4.74 Å². The quantitative estimate of drug-likeness (QED) is 0.721. The van der Waals surface area contributed by atoms with Gasteiger partial charge in [0.25, 0.3) is 0 Å². The second-order valence-electron chi connectivity index (χ2n) is 3.07. The summed E-state index contributed by atoms with van der Waals surface area (Å²) in [6, 6.07) is 2.12. The third-order valence-corrected chi connectivity index (χ3v) is 2.13. The summed E-state index contributed by atoms with van der Waals surface area (Å²) in [6.45, 7) is 0.317. The van der Waals surface area contributed by atoms with Gasteiger partial charge in [-0.05, 0) is 12.1 Å². The third kappa shape index (κ3) is 1.47. The second-order valence-corrected chi connectivity index (χ2v) is 3.07. The van der Waals surface area contributed by atoms with Crippen LogP contribution in [0.15, 0.2) is 12.1 Å². The molecule has 1 aromatic rings. The minimum Gasteiger partial charge on any atom is -0.447 e. The highest BCUT2D eigenvalue weighted by atomic mass is 19.2. The van der Waals surface area contributed by atoms with E-state index in [1.54, 1.807) is 0 Å². The summed E-state index contributed by atoms with van der Waals surface area (Å²) in [7, 11) is 0. The maximum absolute atomic E-state index is 13.4.